The summed E-state index contributed by atoms with van der Waals surface area (Å²) in [5, 5.41) is 4.65. The Bertz CT molecular complexity index is 206. The Morgan fingerprint density at radius 2 is 2.24 bits per heavy atom. The summed E-state index contributed by atoms with van der Waals surface area (Å²) in [5.74, 6) is 1.27. The van der Waals surface area contributed by atoms with Crippen LogP contribution in [0, 0.1) is 0 Å². The zero-order valence-corrected chi connectivity index (χ0v) is 11.9. The molecule has 2 aliphatic rings. The molecule has 2 fully saturated rings. The molecule has 100 valence electrons. The van der Waals surface area contributed by atoms with Crippen LogP contribution in [0.1, 0.15) is 51.9 Å². The minimum absolute atomic E-state index is 0.573. The van der Waals surface area contributed by atoms with Crippen molar-refractivity contribution >= 4 is 11.8 Å². The van der Waals surface area contributed by atoms with E-state index >= 15 is 0 Å². The van der Waals surface area contributed by atoms with Gasteiger partial charge in [0.2, 0.25) is 0 Å². The molecule has 0 radical (unpaired) electrons. The van der Waals surface area contributed by atoms with E-state index in [4.69, 9.17) is 4.74 Å². The van der Waals surface area contributed by atoms with E-state index in [1.807, 2.05) is 0 Å². The topological polar surface area (TPSA) is 21.3 Å². The van der Waals surface area contributed by atoms with E-state index in [0.717, 1.165) is 17.9 Å². The molecule has 0 aromatic heterocycles. The Labute approximate surface area is 110 Å². The molecule has 0 spiro atoms. The SMILES string of the molecule is CCSC1CCC(NCCCC2CCCO2)C1. The number of nitrogens with one attached hydrogen (secondary N) is 1. The van der Waals surface area contributed by atoms with Crippen LogP contribution in [-0.2, 0) is 4.74 Å². The fraction of sp³-hybridized carbons (Fsp3) is 1.00. The Balaban J connectivity index is 1.48. The maximum atomic E-state index is 5.64. The van der Waals surface area contributed by atoms with Gasteiger partial charge in [-0.05, 0) is 57.2 Å². The first-order chi connectivity index (χ1) is 8.38. The van der Waals surface area contributed by atoms with Gasteiger partial charge in [0.1, 0.15) is 0 Å². The van der Waals surface area contributed by atoms with Crippen LogP contribution in [0.4, 0.5) is 0 Å². The summed E-state index contributed by atoms with van der Waals surface area (Å²) in [6.45, 7) is 4.46. The lowest BCUT2D eigenvalue weighted by Crippen LogP contribution is -2.28. The molecule has 1 N–H and O–H groups in total. The van der Waals surface area contributed by atoms with Crippen LogP contribution in [0.3, 0.4) is 0 Å². The summed E-state index contributed by atoms with van der Waals surface area (Å²) < 4.78 is 5.64. The van der Waals surface area contributed by atoms with Gasteiger partial charge in [-0.25, -0.2) is 0 Å². The molecule has 2 rings (SSSR count). The first kappa shape index (κ1) is 13.7. The lowest BCUT2D eigenvalue weighted by molar-refractivity contribution is 0.102. The highest BCUT2D eigenvalue weighted by Gasteiger charge is 2.23. The molecule has 1 aliphatic carbocycles. The molecule has 0 amide bonds. The van der Waals surface area contributed by atoms with Crippen molar-refractivity contribution in [3.63, 3.8) is 0 Å². The number of rotatable bonds is 7. The summed E-state index contributed by atoms with van der Waals surface area (Å²) in [7, 11) is 0. The quantitative estimate of drug-likeness (QED) is 0.708. The van der Waals surface area contributed by atoms with Gasteiger partial charge in [-0.15, -0.1) is 0 Å². The Kier molecular flexibility index (Phi) is 6.16. The van der Waals surface area contributed by atoms with Crippen molar-refractivity contribution in [1.29, 1.82) is 0 Å². The van der Waals surface area contributed by atoms with E-state index in [1.54, 1.807) is 0 Å². The standard InChI is InChI=1S/C14H27NOS/c1-2-17-14-8-7-12(11-14)15-9-3-5-13-6-4-10-16-13/h12-15H,2-11H2,1H3. The summed E-state index contributed by atoms with van der Waals surface area (Å²) >= 11 is 2.14. The summed E-state index contributed by atoms with van der Waals surface area (Å²) in [4.78, 5) is 0. The molecule has 0 aromatic rings. The van der Waals surface area contributed by atoms with Crippen molar-refractivity contribution in [2.45, 2.75) is 69.3 Å². The second-order valence-corrected chi connectivity index (χ2v) is 6.90. The molecule has 0 aromatic carbocycles. The molecule has 1 aliphatic heterocycles. The molecule has 3 unspecified atom stereocenters. The van der Waals surface area contributed by atoms with Crippen LogP contribution in [0.25, 0.3) is 0 Å². The van der Waals surface area contributed by atoms with E-state index < -0.39 is 0 Å². The monoisotopic (exact) mass is 257 g/mol. The second-order valence-electron chi connectivity index (χ2n) is 5.32. The van der Waals surface area contributed by atoms with Crippen molar-refractivity contribution in [3.05, 3.63) is 0 Å². The van der Waals surface area contributed by atoms with Crippen molar-refractivity contribution in [3.8, 4) is 0 Å². The number of hydrogen-bond donors (Lipinski definition) is 1. The molecule has 1 saturated carbocycles. The van der Waals surface area contributed by atoms with E-state index in [1.165, 1.54) is 57.2 Å². The summed E-state index contributed by atoms with van der Waals surface area (Å²) in [6.07, 6.45) is 9.87. The van der Waals surface area contributed by atoms with Gasteiger partial charge in [0.05, 0.1) is 6.10 Å². The van der Waals surface area contributed by atoms with Crippen molar-refractivity contribution in [2.24, 2.45) is 0 Å². The van der Waals surface area contributed by atoms with Gasteiger partial charge in [-0.2, -0.15) is 11.8 Å². The zero-order chi connectivity index (χ0) is 11.9. The predicted molar refractivity (Wildman–Crippen MR) is 75.8 cm³/mol. The van der Waals surface area contributed by atoms with Crippen LogP contribution >= 0.6 is 11.8 Å². The Hall–Kier alpha value is 0.270. The largest absolute Gasteiger partial charge is 0.378 e. The van der Waals surface area contributed by atoms with Gasteiger partial charge < -0.3 is 10.1 Å². The van der Waals surface area contributed by atoms with Gasteiger partial charge >= 0.3 is 0 Å². The predicted octanol–water partition coefficient (Wildman–Crippen LogP) is 3.21. The average molecular weight is 257 g/mol. The molecule has 1 heterocycles. The molecular weight excluding hydrogens is 230 g/mol. The minimum Gasteiger partial charge on any atom is -0.378 e. The third-order valence-corrected chi connectivity index (χ3v) is 5.18. The van der Waals surface area contributed by atoms with Gasteiger partial charge in [-0.1, -0.05) is 6.92 Å². The molecule has 3 heteroatoms. The lowest BCUT2D eigenvalue weighted by atomic mass is 10.1. The van der Waals surface area contributed by atoms with Crippen LogP contribution in [0.2, 0.25) is 0 Å². The van der Waals surface area contributed by atoms with Crippen molar-refractivity contribution in [1.82, 2.24) is 5.32 Å². The second kappa shape index (κ2) is 7.65. The Morgan fingerprint density at radius 3 is 3.00 bits per heavy atom. The van der Waals surface area contributed by atoms with Crippen LogP contribution in [0.15, 0.2) is 0 Å². The van der Waals surface area contributed by atoms with Crippen molar-refractivity contribution < 1.29 is 4.74 Å². The molecular formula is C14H27NOS. The smallest absolute Gasteiger partial charge is 0.0576 e. The molecule has 17 heavy (non-hydrogen) atoms. The van der Waals surface area contributed by atoms with Crippen LogP contribution < -0.4 is 5.32 Å². The maximum absolute atomic E-state index is 5.64. The van der Waals surface area contributed by atoms with E-state index in [-0.39, 0.29) is 0 Å². The number of hydrogen-bond acceptors (Lipinski definition) is 3. The molecule has 3 atom stereocenters. The molecule has 0 bridgehead atoms. The molecule has 2 nitrogen and oxygen atoms in total. The molecule has 1 saturated heterocycles. The minimum atomic E-state index is 0.573. The zero-order valence-electron chi connectivity index (χ0n) is 11.1. The van der Waals surface area contributed by atoms with E-state index in [0.29, 0.717) is 6.10 Å². The van der Waals surface area contributed by atoms with Crippen LogP contribution in [-0.4, -0.2) is 36.3 Å². The highest BCUT2D eigenvalue weighted by molar-refractivity contribution is 7.99. The third-order valence-electron chi connectivity index (χ3n) is 3.95. The van der Waals surface area contributed by atoms with Gasteiger partial charge in [-0.3, -0.25) is 0 Å². The number of thioether (sulfide) groups is 1. The van der Waals surface area contributed by atoms with Gasteiger partial charge in [0.15, 0.2) is 0 Å². The first-order valence-corrected chi connectivity index (χ1v) is 8.40. The van der Waals surface area contributed by atoms with Gasteiger partial charge in [0.25, 0.3) is 0 Å². The highest BCUT2D eigenvalue weighted by Crippen LogP contribution is 2.29. The van der Waals surface area contributed by atoms with E-state index in [9.17, 15) is 0 Å². The lowest BCUT2D eigenvalue weighted by Gasteiger charge is -2.14. The average Bonchev–Trinajstić information content (AvgIpc) is 2.96. The maximum Gasteiger partial charge on any atom is 0.0576 e. The van der Waals surface area contributed by atoms with Gasteiger partial charge in [0, 0.05) is 17.9 Å². The summed E-state index contributed by atoms with van der Waals surface area (Å²) in [6, 6.07) is 0.795. The van der Waals surface area contributed by atoms with Crippen molar-refractivity contribution in [2.75, 3.05) is 18.9 Å². The fourth-order valence-corrected chi connectivity index (χ4v) is 4.16. The Morgan fingerprint density at radius 1 is 1.29 bits per heavy atom. The van der Waals surface area contributed by atoms with Crippen LogP contribution in [0.5, 0.6) is 0 Å². The fourth-order valence-electron chi connectivity index (χ4n) is 3.02. The first-order valence-electron chi connectivity index (χ1n) is 7.35. The van der Waals surface area contributed by atoms with E-state index in [2.05, 4.69) is 24.0 Å². The normalized spacial score (nSPS) is 33.4. The number of ether oxygens (including phenoxy) is 1. The summed E-state index contributed by atoms with van der Waals surface area (Å²) in [5.41, 5.74) is 0. The third kappa shape index (κ3) is 4.80. The highest BCUT2D eigenvalue weighted by atomic mass is 32.2.